The van der Waals surface area contributed by atoms with E-state index in [1.54, 1.807) is 0 Å². The molecule has 17 heavy (non-hydrogen) atoms. The molecular formula is C13H20BrNOS. The van der Waals surface area contributed by atoms with Crippen LogP contribution in [0.15, 0.2) is 15.9 Å². The summed E-state index contributed by atoms with van der Waals surface area (Å²) in [6, 6.07) is 2.60. The van der Waals surface area contributed by atoms with Crippen LogP contribution in [0.3, 0.4) is 0 Å². The fourth-order valence-corrected chi connectivity index (χ4v) is 3.83. The van der Waals surface area contributed by atoms with E-state index in [4.69, 9.17) is 4.74 Å². The van der Waals surface area contributed by atoms with Gasteiger partial charge in [0.25, 0.3) is 0 Å². The summed E-state index contributed by atoms with van der Waals surface area (Å²) in [6.45, 7) is 4.22. The van der Waals surface area contributed by atoms with Gasteiger partial charge in [0.05, 0.1) is 6.10 Å². The predicted octanol–water partition coefficient (Wildman–Crippen LogP) is 3.60. The Morgan fingerprint density at radius 3 is 3.12 bits per heavy atom. The Morgan fingerprint density at radius 1 is 1.65 bits per heavy atom. The molecular weight excluding hydrogens is 298 g/mol. The number of hydrogen-bond donors (Lipinski definition) is 1. The van der Waals surface area contributed by atoms with Crippen molar-refractivity contribution >= 4 is 27.3 Å². The second-order valence-electron chi connectivity index (χ2n) is 4.51. The van der Waals surface area contributed by atoms with Crippen molar-refractivity contribution in [3.8, 4) is 0 Å². The van der Waals surface area contributed by atoms with Crippen molar-refractivity contribution in [2.45, 2.75) is 44.8 Å². The largest absolute Gasteiger partial charge is 0.377 e. The van der Waals surface area contributed by atoms with Crippen LogP contribution in [0, 0.1) is 0 Å². The number of rotatable bonds is 6. The van der Waals surface area contributed by atoms with Crippen molar-refractivity contribution < 1.29 is 4.74 Å². The van der Waals surface area contributed by atoms with Crippen LogP contribution >= 0.6 is 27.3 Å². The molecule has 2 nitrogen and oxygen atoms in total. The molecule has 2 heterocycles. The number of halogens is 1. The topological polar surface area (TPSA) is 21.3 Å². The van der Waals surface area contributed by atoms with Crippen LogP contribution < -0.4 is 5.32 Å². The zero-order valence-electron chi connectivity index (χ0n) is 10.2. The van der Waals surface area contributed by atoms with E-state index in [-0.39, 0.29) is 0 Å². The Kier molecular flexibility index (Phi) is 5.48. The fourth-order valence-electron chi connectivity index (χ4n) is 2.26. The van der Waals surface area contributed by atoms with E-state index in [1.165, 1.54) is 28.6 Å². The van der Waals surface area contributed by atoms with Crippen LogP contribution in [0.1, 0.15) is 31.1 Å². The minimum atomic E-state index is 0.399. The van der Waals surface area contributed by atoms with Crippen molar-refractivity contribution in [3.63, 3.8) is 0 Å². The summed E-state index contributed by atoms with van der Waals surface area (Å²) >= 11 is 5.44. The third-order valence-electron chi connectivity index (χ3n) is 3.17. The summed E-state index contributed by atoms with van der Waals surface area (Å²) in [5.41, 5.74) is 0. The first kappa shape index (κ1) is 13.5. The van der Waals surface area contributed by atoms with Crippen molar-refractivity contribution in [1.29, 1.82) is 0 Å². The maximum absolute atomic E-state index is 5.83. The smallest absolute Gasteiger partial charge is 0.0732 e. The Bertz CT molecular complexity index is 336. The van der Waals surface area contributed by atoms with Gasteiger partial charge < -0.3 is 10.1 Å². The van der Waals surface area contributed by atoms with Gasteiger partial charge in [-0.3, -0.25) is 0 Å². The molecule has 0 radical (unpaired) electrons. The molecule has 0 aliphatic carbocycles. The predicted molar refractivity (Wildman–Crippen MR) is 76.8 cm³/mol. The molecule has 1 aliphatic heterocycles. The molecule has 2 atom stereocenters. The van der Waals surface area contributed by atoms with Gasteiger partial charge in [-0.05, 0) is 53.2 Å². The molecule has 1 aromatic heterocycles. The number of ether oxygens (including phenoxy) is 1. The Hall–Kier alpha value is 0.1000. The number of thiophene rings is 1. The van der Waals surface area contributed by atoms with Crippen molar-refractivity contribution in [2.75, 3.05) is 13.2 Å². The van der Waals surface area contributed by atoms with E-state index in [1.807, 2.05) is 11.3 Å². The van der Waals surface area contributed by atoms with E-state index in [9.17, 15) is 0 Å². The minimum absolute atomic E-state index is 0.399. The average molecular weight is 318 g/mol. The van der Waals surface area contributed by atoms with E-state index < -0.39 is 0 Å². The lowest BCUT2D eigenvalue weighted by Crippen LogP contribution is -2.41. The zero-order valence-corrected chi connectivity index (χ0v) is 12.6. The average Bonchev–Trinajstić information content (AvgIpc) is 2.96. The van der Waals surface area contributed by atoms with Gasteiger partial charge in [-0.2, -0.15) is 0 Å². The lowest BCUT2D eigenvalue weighted by Gasteiger charge is -2.24. The first-order valence-corrected chi connectivity index (χ1v) is 8.05. The summed E-state index contributed by atoms with van der Waals surface area (Å²) in [6.07, 6.45) is 5.05. The van der Waals surface area contributed by atoms with Gasteiger partial charge in [-0.1, -0.05) is 6.92 Å². The second kappa shape index (κ2) is 6.88. The molecule has 1 N–H and O–H groups in total. The highest BCUT2D eigenvalue weighted by Gasteiger charge is 2.26. The van der Waals surface area contributed by atoms with Gasteiger partial charge in [-0.15, -0.1) is 11.3 Å². The highest BCUT2D eigenvalue weighted by molar-refractivity contribution is 9.10. The van der Waals surface area contributed by atoms with Crippen LogP contribution in [0.4, 0.5) is 0 Å². The van der Waals surface area contributed by atoms with Gasteiger partial charge in [0, 0.05) is 28.4 Å². The highest BCUT2D eigenvalue weighted by Crippen LogP contribution is 2.26. The SMILES string of the molecule is CCCNC(Cc1sccc1Br)C1CCCO1. The van der Waals surface area contributed by atoms with Gasteiger partial charge >= 0.3 is 0 Å². The molecule has 0 aromatic carbocycles. The second-order valence-corrected chi connectivity index (χ2v) is 6.36. The summed E-state index contributed by atoms with van der Waals surface area (Å²) in [7, 11) is 0. The highest BCUT2D eigenvalue weighted by atomic mass is 79.9. The van der Waals surface area contributed by atoms with Crippen molar-refractivity contribution in [3.05, 3.63) is 20.8 Å². The lowest BCUT2D eigenvalue weighted by molar-refractivity contribution is 0.0786. The van der Waals surface area contributed by atoms with Crippen LogP contribution in [-0.4, -0.2) is 25.3 Å². The Balaban J connectivity index is 1.97. The molecule has 0 saturated carbocycles. The molecule has 96 valence electrons. The van der Waals surface area contributed by atoms with E-state index in [0.717, 1.165) is 19.6 Å². The molecule has 1 fully saturated rings. The molecule has 2 rings (SSSR count). The van der Waals surface area contributed by atoms with E-state index >= 15 is 0 Å². The number of hydrogen-bond acceptors (Lipinski definition) is 3. The van der Waals surface area contributed by atoms with Crippen LogP contribution in [0.2, 0.25) is 0 Å². The lowest BCUT2D eigenvalue weighted by atomic mass is 10.0. The third-order valence-corrected chi connectivity index (χ3v) is 5.12. The normalized spacial score (nSPS) is 21.9. The fraction of sp³-hybridized carbons (Fsp3) is 0.692. The molecule has 0 amide bonds. The van der Waals surface area contributed by atoms with Crippen LogP contribution in [0.25, 0.3) is 0 Å². The zero-order chi connectivity index (χ0) is 12.1. The first-order valence-electron chi connectivity index (χ1n) is 6.38. The Morgan fingerprint density at radius 2 is 2.53 bits per heavy atom. The van der Waals surface area contributed by atoms with Crippen molar-refractivity contribution in [2.24, 2.45) is 0 Å². The molecule has 0 spiro atoms. The molecule has 2 unspecified atom stereocenters. The first-order chi connectivity index (χ1) is 8.31. The van der Waals surface area contributed by atoms with Gasteiger partial charge in [0.15, 0.2) is 0 Å². The molecule has 0 bridgehead atoms. The van der Waals surface area contributed by atoms with E-state index in [0.29, 0.717) is 12.1 Å². The summed E-state index contributed by atoms with van der Waals surface area (Å²) in [5, 5.41) is 5.78. The van der Waals surface area contributed by atoms with Gasteiger partial charge in [0.1, 0.15) is 0 Å². The molecule has 1 aromatic rings. The maximum Gasteiger partial charge on any atom is 0.0732 e. The number of nitrogens with one attached hydrogen (secondary N) is 1. The van der Waals surface area contributed by atoms with Crippen molar-refractivity contribution in [1.82, 2.24) is 5.32 Å². The van der Waals surface area contributed by atoms with Gasteiger partial charge in [0.2, 0.25) is 0 Å². The van der Waals surface area contributed by atoms with E-state index in [2.05, 4.69) is 39.6 Å². The van der Waals surface area contributed by atoms with Crippen LogP contribution in [0.5, 0.6) is 0 Å². The minimum Gasteiger partial charge on any atom is -0.377 e. The molecule has 1 saturated heterocycles. The van der Waals surface area contributed by atoms with Crippen LogP contribution in [-0.2, 0) is 11.2 Å². The standard InChI is InChI=1S/C13H20BrNOS/c1-2-6-15-11(12-4-3-7-16-12)9-13-10(14)5-8-17-13/h5,8,11-12,15H,2-4,6-7,9H2,1H3. The summed E-state index contributed by atoms with van der Waals surface area (Å²) < 4.78 is 7.07. The molecule has 4 heteroatoms. The maximum atomic E-state index is 5.83. The summed E-state index contributed by atoms with van der Waals surface area (Å²) in [4.78, 5) is 1.43. The third kappa shape index (κ3) is 3.78. The monoisotopic (exact) mass is 317 g/mol. The van der Waals surface area contributed by atoms with Gasteiger partial charge in [-0.25, -0.2) is 0 Å². The Labute approximate surface area is 116 Å². The molecule has 1 aliphatic rings. The quantitative estimate of drug-likeness (QED) is 0.865. The summed E-state index contributed by atoms with van der Waals surface area (Å²) in [5.74, 6) is 0.